The molecule has 0 aliphatic carbocycles. The van der Waals surface area contributed by atoms with Gasteiger partial charge in [0.15, 0.2) is 0 Å². The Labute approximate surface area is 179 Å². The summed E-state index contributed by atoms with van der Waals surface area (Å²) >= 11 is 0. The maximum atomic E-state index is 12.8. The third-order valence-electron chi connectivity index (χ3n) is 4.97. The number of nitrogens with two attached hydrogens (primary N) is 1. The molecule has 0 spiro atoms. The van der Waals surface area contributed by atoms with Gasteiger partial charge in [0.25, 0.3) is 5.56 Å². The number of allylic oxidation sites excluding steroid dienone is 3. The van der Waals surface area contributed by atoms with Gasteiger partial charge in [-0.2, -0.15) is 0 Å². The normalized spacial score (nSPS) is 11.4. The Hall–Kier alpha value is -4.20. The fraction of sp³-hybridized carbons (Fsp3) is 0.130. The molecule has 158 valence electrons. The topological polar surface area (TPSA) is 130 Å². The minimum atomic E-state index is -0.217. The van der Waals surface area contributed by atoms with Crippen LogP contribution in [0.5, 0.6) is 0 Å². The van der Waals surface area contributed by atoms with E-state index in [-0.39, 0.29) is 35.0 Å². The van der Waals surface area contributed by atoms with E-state index in [1.165, 1.54) is 18.5 Å². The van der Waals surface area contributed by atoms with Crippen LogP contribution in [-0.4, -0.2) is 25.4 Å². The van der Waals surface area contributed by atoms with Gasteiger partial charge in [0, 0.05) is 18.3 Å². The van der Waals surface area contributed by atoms with E-state index in [1.807, 2.05) is 31.2 Å². The average molecular weight is 416 g/mol. The van der Waals surface area contributed by atoms with E-state index >= 15 is 0 Å². The van der Waals surface area contributed by atoms with Crippen molar-refractivity contribution < 1.29 is 5.11 Å². The molecule has 3 rings (SSSR count). The summed E-state index contributed by atoms with van der Waals surface area (Å²) in [7, 11) is 1.72. The van der Waals surface area contributed by atoms with Gasteiger partial charge in [-0.1, -0.05) is 37.4 Å². The second-order valence-corrected chi connectivity index (χ2v) is 7.05. The summed E-state index contributed by atoms with van der Waals surface area (Å²) in [6.45, 7) is 9.26. The van der Waals surface area contributed by atoms with Crippen molar-refractivity contribution in [2.75, 3.05) is 11.1 Å². The van der Waals surface area contributed by atoms with Crippen molar-refractivity contribution in [3.05, 3.63) is 94.4 Å². The van der Waals surface area contributed by atoms with E-state index in [9.17, 15) is 9.90 Å². The summed E-state index contributed by atoms with van der Waals surface area (Å²) in [6.07, 6.45) is 4.01. The van der Waals surface area contributed by atoms with E-state index < -0.39 is 0 Å². The van der Waals surface area contributed by atoms with E-state index in [4.69, 9.17) is 11.1 Å². The molecule has 0 fully saturated rings. The lowest BCUT2D eigenvalue weighted by Crippen LogP contribution is -2.23. The number of nitrogens with zero attached hydrogens (tertiary/aromatic N) is 3. The van der Waals surface area contributed by atoms with Gasteiger partial charge < -0.3 is 20.7 Å². The molecular weight excluding hydrogens is 392 g/mol. The number of nitrogens with one attached hydrogen (secondary N) is 2. The number of hydrogen-bond donors (Lipinski definition) is 4. The molecule has 0 aliphatic rings. The molecule has 0 unspecified atom stereocenters. The number of fused-ring (bicyclic) bond motifs is 1. The quantitative estimate of drug-likeness (QED) is 0.265. The highest BCUT2D eigenvalue weighted by Crippen LogP contribution is 2.23. The summed E-state index contributed by atoms with van der Waals surface area (Å²) in [5.74, 6) is 0.207. The lowest BCUT2D eigenvalue weighted by atomic mass is 10.0. The molecule has 0 amide bonds. The first kappa shape index (κ1) is 21.5. The fourth-order valence-electron chi connectivity index (χ4n) is 3.36. The second-order valence-electron chi connectivity index (χ2n) is 7.05. The molecule has 8 heteroatoms. The van der Waals surface area contributed by atoms with Gasteiger partial charge in [-0.3, -0.25) is 10.2 Å². The van der Waals surface area contributed by atoms with Gasteiger partial charge in [-0.25, -0.2) is 9.97 Å². The Morgan fingerprint density at radius 2 is 2.13 bits per heavy atom. The number of hydrogen-bond acceptors (Lipinski definition) is 7. The van der Waals surface area contributed by atoms with Crippen molar-refractivity contribution in [2.24, 2.45) is 7.05 Å². The number of aromatic nitrogens is 3. The van der Waals surface area contributed by atoms with Crippen LogP contribution in [0.4, 0.5) is 11.6 Å². The maximum absolute atomic E-state index is 12.8. The molecule has 2 heterocycles. The standard InChI is InChI=1S/C23H24N6O2/c1-5-15(9-14(3)30)20(24)19-21(25)27-12-28-22(19)26-11-17-10-16-8-6-7-13(2)18(16)23(31)29(17)4/h5-10,12,24,30H,1,3,11H2,2,4H3,(H3,25,26,27,28)/b15-9+,24-20?. The number of pyridine rings is 1. The van der Waals surface area contributed by atoms with Gasteiger partial charge in [0.1, 0.15) is 23.7 Å². The molecule has 0 saturated carbocycles. The number of rotatable bonds is 7. The van der Waals surface area contributed by atoms with E-state index in [0.29, 0.717) is 16.8 Å². The predicted octanol–water partition coefficient (Wildman–Crippen LogP) is 3.38. The molecule has 0 saturated heterocycles. The fourth-order valence-corrected chi connectivity index (χ4v) is 3.36. The van der Waals surface area contributed by atoms with Crippen molar-refractivity contribution in [1.82, 2.24) is 14.5 Å². The number of nitrogen functional groups attached to an aromatic ring is 1. The smallest absolute Gasteiger partial charge is 0.258 e. The first-order valence-electron chi connectivity index (χ1n) is 9.48. The van der Waals surface area contributed by atoms with Crippen molar-refractivity contribution in [1.29, 1.82) is 5.41 Å². The Bertz CT molecular complexity index is 1300. The molecule has 0 atom stereocenters. The minimum absolute atomic E-state index is 0.0196. The zero-order valence-corrected chi connectivity index (χ0v) is 17.4. The monoisotopic (exact) mass is 416 g/mol. The Balaban J connectivity index is 2.00. The van der Waals surface area contributed by atoms with Gasteiger partial charge in [0.2, 0.25) is 0 Å². The SMILES string of the molecule is C=C/C(=C\C(=C)O)C(=N)c1c(N)ncnc1NCc1cc2cccc(C)c2c(=O)n1C. The van der Waals surface area contributed by atoms with E-state index in [0.717, 1.165) is 16.6 Å². The molecule has 1 aromatic carbocycles. The van der Waals surface area contributed by atoms with Crippen molar-refractivity contribution >= 4 is 28.1 Å². The van der Waals surface area contributed by atoms with Crippen LogP contribution in [0.2, 0.25) is 0 Å². The second kappa shape index (κ2) is 8.66. The summed E-state index contributed by atoms with van der Waals surface area (Å²) in [6, 6.07) is 7.67. The summed E-state index contributed by atoms with van der Waals surface area (Å²) in [5.41, 5.74) is 8.15. The summed E-state index contributed by atoms with van der Waals surface area (Å²) in [5, 5.41) is 22.7. The molecule has 2 aromatic heterocycles. The summed E-state index contributed by atoms with van der Waals surface area (Å²) in [4.78, 5) is 21.0. The minimum Gasteiger partial charge on any atom is -0.509 e. The number of benzene rings is 1. The maximum Gasteiger partial charge on any atom is 0.258 e. The van der Waals surface area contributed by atoms with Crippen molar-refractivity contribution in [2.45, 2.75) is 13.5 Å². The van der Waals surface area contributed by atoms with Gasteiger partial charge in [-0.15, -0.1) is 0 Å². The Kier molecular flexibility index (Phi) is 6.01. The molecule has 31 heavy (non-hydrogen) atoms. The number of aryl methyl sites for hydroxylation is 1. The van der Waals surface area contributed by atoms with Crippen LogP contribution in [0.1, 0.15) is 16.8 Å². The Morgan fingerprint density at radius 1 is 1.39 bits per heavy atom. The van der Waals surface area contributed by atoms with Crippen LogP contribution in [0, 0.1) is 12.3 Å². The largest absolute Gasteiger partial charge is 0.509 e. The van der Waals surface area contributed by atoms with Crippen molar-refractivity contribution in [3.8, 4) is 0 Å². The molecule has 5 N–H and O–H groups in total. The molecule has 0 radical (unpaired) electrons. The van der Waals surface area contributed by atoms with Gasteiger partial charge >= 0.3 is 0 Å². The highest BCUT2D eigenvalue weighted by atomic mass is 16.3. The van der Waals surface area contributed by atoms with Crippen LogP contribution < -0.4 is 16.6 Å². The van der Waals surface area contributed by atoms with Crippen LogP contribution in [-0.2, 0) is 13.6 Å². The van der Waals surface area contributed by atoms with Crippen LogP contribution >= 0.6 is 0 Å². The lowest BCUT2D eigenvalue weighted by molar-refractivity contribution is 0.435. The van der Waals surface area contributed by atoms with E-state index in [2.05, 4.69) is 28.4 Å². The lowest BCUT2D eigenvalue weighted by Gasteiger charge is -2.16. The van der Waals surface area contributed by atoms with Gasteiger partial charge in [0.05, 0.1) is 23.2 Å². The molecule has 0 aliphatic heterocycles. The summed E-state index contributed by atoms with van der Waals surface area (Å²) < 4.78 is 1.59. The number of anilines is 2. The highest BCUT2D eigenvalue weighted by Gasteiger charge is 2.17. The Morgan fingerprint density at radius 3 is 2.81 bits per heavy atom. The average Bonchev–Trinajstić information content (AvgIpc) is 2.73. The third kappa shape index (κ3) is 4.23. The van der Waals surface area contributed by atoms with Crippen LogP contribution in [0.3, 0.4) is 0 Å². The van der Waals surface area contributed by atoms with Crippen LogP contribution in [0.25, 0.3) is 10.8 Å². The zero-order chi connectivity index (χ0) is 22.7. The molecule has 8 nitrogen and oxygen atoms in total. The zero-order valence-electron chi connectivity index (χ0n) is 17.4. The van der Waals surface area contributed by atoms with Gasteiger partial charge in [-0.05, 0) is 30.0 Å². The van der Waals surface area contributed by atoms with Crippen molar-refractivity contribution in [3.63, 3.8) is 0 Å². The van der Waals surface area contributed by atoms with E-state index in [1.54, 1.807) is 11.6 Å². The molecule has 0 bridgehead atoms. The first-order valence-corrected chi connectivity index (χ1v) is 9.48. The highest BCUT2D eigenvalue weighted by molar-refractivity contribution is 6.17. The molecular formula is C23H24N6O2. The first-order chi connectivity index (χ1) is 14.7. The third-order valence-corrected chi connectivity index (χ3v) is 4.97. The number of aliphatic hydroxyl groups is 1. The number of aliphatic hydroxyl groups excluding tert-OH is 1. The van der Waals surface area contributed by atoms with Crippen LogP contribution in [0.15, 0.2) is 72.0 Å². The molecule has 3 aromatic rings. The predicted molar refractivity (Wildman–Crippen MR) is 125 cm³/mol.